The van der Waals surface area contributed by atoms with Crippen molar-refractivity contribution in [1.82, 2.24) is 0 Å². The lowest BCUT2D eigenvalue weighted by molar-refractivity contribution is 0.0633. The molecular weight excluding hydrogens is 316 g/mol. The van der Waals surface area contributed by atoms with Crippen molar-refractivity contribution in [2.24, 2.45) is 0 Å². The van der Waals surface area contributed by atoms with Gasteiger partial charge in [0.25, 0.3) is 5.24 Å². The van der Waals surface area contributed by atoms with Crippen molar-refractivity contribution in [2.45, 2.75) is 0 Å². The minimum absolute atomic E-state index is 0.0395. The third kappa shape index (κ3) is 2.27. The molecule has 0 unspecified atom stereocenters. The fourth-order valence-electron chi connectivity index (χ4n) is 2.29. The number of carboxylic acid groups (broad SMARTS) is 3. The number of hydrogen-bond donors (Lipinski definition) is 3. The van der Waals surface area contributed by atoms with Gasteiger partial charge in [0.2, 0.25) is 0 Å². The molecule has 3 N–H and O–H groups in total. The van der Waals surface area contributed by atoms with Gasteiger partial charge in [-0.05, 0) is 22.4 Å². The van der Waals surface area contributed by atoms with Crippen molar-refractivity contribution in [3.05, 3.63) is 46.5 Å². The van der Waals surface area contributed by atoms with E-state index in [2.05, 4.69) is 0 Å². The normalized spacial score (nSPS) is 10.4. The number of hydrogen-bond acceptors (Lipinski definition) is 4. The Bertz CT molecular complexity index is 783. The highest BCUT2D eigenvalue weighted by molar-refractivity contribution is 6.69. The summed E-state index contributed by atoms with van der Waals surface area (Å²) in [5.74, 6) is -5.15. The summed E-state index contributed by atoms with van der Waals surface area (Å²) in [6.07, 6.45) is 0. The van der Waals surface area contributed by atoms with Crippen molar-refractivity contribution >= 4 is 45.5 Å². The molecule has 0 atom stereocenters. The molecular formula is C14H7ClO7. The number of aromatic carboxylic acids is 3. The SMILES string of the molecule is O=C(O)c1c(C(=O)O)c(C(=O)Cl)c2ccccc2c1C(=O)O. The van der Waals surface area contributed by atoms with Gasteiger partial charge in [-0.2, -0.15) is 0 Å². The minimum atomic E-state index is -1.78. The zero-order valence-electron chi connectivity index (χ0n) is 10.7. The molecule has 0 aliphatic rings. The van der Waals surface area contributed by atoms with Gasteiger partial charge in [-0.15, -0.1) is 0 Å². The summed E-state index contributed by atoms with van der Waals surface area (Å²) in [4.78, 5) is 45.8. The van der Waals surface area contributed by atoms with E-state index in [-0.39, 0.29) is 10.8 Å². The smallest absolute Gasteiger partial charge is 0.337 e. The molecule has 0 heterocycles. The number of carboxylic acids is 3. The Labute approximate surface area is 127 Å². The summed E-state index contributed by atoms with van der Waals surface area (Å²) in [7, 11) is 0. The topological polar surface area (TPSA) is 129 Å². The molecule has 0 saturated carbocycles. The molecule has 0 fully saturated rings. The zero-order valence-corrected chi connectivity index (χ0v) is 11.4. The fraction of sp³-hybridized carbons (Fsp3) is 0. The molecule has 0 spiro atoms. The van der Waals surface area contributed by atoms with Gasteiger partial charge in [0.05, 0.1) is 22.3 Å². The first kappa shape index (κ1) is 15.5. The highest BCUT2D eigenvalue weighted by atomic mass is 35.5. The number of carbonyl (C=O) groups is 4. The number of rotatable bonds is 4. The first-order chi connectivity index (χ1) is 10.3. The van der Waals surface area contributed by atoms with Crippen LogP contribution in [0, 0.1) is 0 Å². The standard InChI is InChI=1S/C14H7ClO7/c15-11(16)7-5-3-1-2-4-6(5)8(12(17)18)10(14(21)22)9(7)13(19)20/h1-4H,(H,17,18)(H,19,20)(H,21,22). The van der Waals surface area contributed by atoms with E-state index >= 15 is 0 Å². The molecule has 0 aliphatic heterocycles. The third-order valence-electron chi connectivity index (χ3n) is 3.05. The average Bonchev–Trinajstić information content (AvgIpc) is 2.43. The lowest BCUT2D eigenvalue weighted by Crippen LogP contribution is -2.19. The van der Waals surface area contributed by atoms with Gasteiger partial charge in [0.1, 0.15) is 0 Å². The Morgan fingerprint density at radius 1 is 0.682 bits per heavy atom. The van der Waals surface area contributed by atoms with E-state index in [1.165, 1.54) is 24.3 Å². The second-order valence-corrected chi connectivity index (χ2v) is 4.58. The van der Waals surface area contributed by atoms with Crippen molar-refractivity contribution in [3.63, 3.8) is 0 Å². The maximum atomic E-state index is 11.6. The molecule has 0 bridgehead atoms. The number of fused-ring (bicyclic) bond motifs is 1. The number of halogens is 1. The van der Waals surface area contributed by atoms with E-state index in [1.54, 1.807) is 0 Å². The molecule has 22 heavy (non-hydrogen) atoms. The van der Waals surface area contributed by atoms with Crippen LogP contribution in [0.3, 0.4) is 0 Å². The molecule has 0 saturated heterocycles. The van der Waals surface area contributed by atoms with E-state index in [0.717, 1.165) is 0 Å². The van der Waals surface area contributed by atoms with Gasteiger partial charge >= 0.3 is 17.9 Å². The van der Waals surface area contributed by atoms with Crippen molar-refractivity contribution in [2.75, 3.05) is 0 Å². The summed E-state index contributed by atoms with van der Waals surface area (Å²) in [6, 6.07) is 5.46. The monoisotopic (exact) mass is 322 g/mol. The molecule has 112 valence electrons. The Balaban J connectivity index is 3.25. The Morgan fingerprint density at radius 2 is 1.05 bits per heavy atom. The lowest BCUT2D eigenvalue weighted by atomic mass is 9.89. The molecule has 8 heteroatoms. The molecule has 0 aliphatic carbocycles. The second-order valence-electron chi connectivity index (χ2n) is 4.23. The minimum Gasteiger partial charge on any atom is -0.478 e. The molecule has 2 rings (SSSR count). The van der Waals surface area contributed by atoms with Crippen LogP contribution in [0.1, 0.15) is 41.4 Å². The van der Waals surface area contributed by atoms with E-state index < -0.39 is 45.4 Å². The van der Waals surface area contributed by atoms with Crippen LogP contribution in [0.2, 0.25) is 0 Å². The highest BCUT2D eigenvalue weighted by Gasteiger charge is 2.32. The molecule has 0 aromatic heterocycles. The van der Waals surface area contributed by atoms with Gasteiger partial charge in [0.15, 0.2) is 0 Å². The average molecular weight is 323 g/mol. The Morgan fingerprint density at radius 3 is 1.41 bits per heavy atom. The fourth-order valence-corrected chi connectivity index (χ4v) is 2.49. The molecule has 7 nitrogen and oxygen atoms in total. The van der Waals surface area contributed by atoms with Crippen LogP contribution in [-0.2, 0) is 0 Å². The third-order valence-corrected chi connectivity index (χ3v) is 3.24. The predicted octanol–water partition coefficient (Wildman–Crippen LogP) is 2.31. The van der Waals surface area contributed by atoms with Gasteiger partial charge in [0, 0.05) is 0 Å². The summed E-state index contributed by atoms with van der Waals surface area (Å²) >= 11 is 5.40. The highest BCUT2D eigenvalue weighted by Crippen LogP contribution is 2.32. The van der Waals surface area contributed by atoms with Crippen LogP contribution in [0.5, 0.6) is 0 Å². The molecule has 0 amide bonds. The van der Waals surface area contributed by atoms with Gasteiger partial charge < -0.3 is 15.3 Å². The van der Waals surface area contributed by atoms with Crippen molar-refractivity contribution < 1.29 is 34.5 Å². The van der Waals surface area contributed by atoms with Crippen LogP contribution >= 0.6 is 11.6 Å². The number of carbonyl (C=O) groups excluding carboxylic acids is 1. The molecule has 2 aromatic rings. The van der Waals surface area contributed by atoms with Crippen LogP contribution in [0.15, 0.2) is 24.3 Å². The molecule has 2 aromatic carbocycles. The summed E-state index contributed by atoms with van der Waals surface area (Å²) < 4.78 is 0. The van der Waals surface area contributed by atoms with E-state index in [9.17, 15) is 34.5 Å². The maximum Gasteiger partial charge on any atom is 0.337 e. The van der Waals surface area contributed by atoms with Crippen molar-refractivity contribution in [1.29, 1.82) is 0 Å². The first-order valence-electron chi connectivity index (χ1n) is 5.75. The van der Waals surface area contributed by atoms with Crippen LogP contribution < -0.4 is 0 Å². The molecule has 0 radical (unpaired) electrons. The van der Waals surface area contributed by atoms with Crippen LogP contribution in [-0.4, -0.2) is 38.5 Å². The van der Waals surface area contributed by atoms with E-state index in [0.29, 0.717) is 0 Å². The Hall–Kier alpha value is -2.93. The largest absolute Gasteiger partial charge is 0.478 e. The van der Waals surface area contributed by atoms with Crippen LogP contribution in [0.4, 0.5) is 0 Å². The van der Waals surface area contributed by atoms with Crippen LogP contribution in [0.25, 0.3) is 10.8 Å². The maximum absolute atomic E-state index is 11.6. The second kappa shape index (κ2) is 5.45. The van der Waals surface area contributed by atoms with Gasteiger partial charge in [-0.1, -0.05) is 24.3 Å². The van der Waals surface area contributed by atoms with Crippen molar-refractivity contribution in [3.8, 4) is 0 Å². The quantitative estimate of drug-likeness (QED) is 0.736. The van der Waals surface area contributed by atoms with Gasteiger partial charge in [-0.3, -0.25) is 4.79 Å². The lowest BCUT2D eigenvalue weighted by Gasteiger charge is -2.14. The first-order valence-corrected chi connectivity index (χ1v) is 6.13. The summed E-state index contributed by atoms with van der Waals surface area (Å²) in [5.41, 5.74) is -3.18. The Kier molecular flexibility index (Phi) is 3.83. The zero-order chi connectivity index (χ0) is 16.6. The summed E-state index contributed by atoms with van der Waals surface area (Å²) in [5, 5.41) is 26.4. The summed E-state index contributed by atoms with van der Waals surface area (Å²) in [6.45, 7) is 0. The van der Waals surface area contributed by atoms with Gasteiger partial charge in [-0.25, -0.2) is 14.4 Å². The predicted molar refractivity (Wildman–Crippen MR) is 75.0 cm³/mol. The number of benzene rings is 2. The van der Waals surface area contributed by atoms with E-state index in [4.69, 9.17) is 11.6 Å². The van der Waals surface area contributed by atoms with E-state index in [1.807, 2.05) is 0 Å².